The molecule has 0 saturated carbocycles. The zero-order valence-corrected chi connectivity index (χ0v) is 14.2. The first-order valence-electron chi connectivity index (χ1n) is 7.98. The van der Waals surface area contributed by atoms with Crippen molar-refractivity contribution in [3.05, 3.63) is 59.7 Å². The van der Waals surface area contributed by atoms with E-state index in [-0.39, 0.29) is 5.91 Å². The molecule has 0 saturated heterocycles. The van der Waals surface area contributed by atoms with E-state index < -0.39 is 6.10 Å². The largest absolute Gasteiger partial charge is 0.493 e. The van der Waals surface area contributed by atoms with Gasteiger partial charge in [0.2, 0.25) is 6.10 Å². The highest BCUT2D eigenvalue weighted by Crippen LogP contribution is 2.29. The third-order valence-electron chi connectivity index (χ3n) is 3.99. The quantitative estimate of drug-likeness (QED) is 0.877. The van der Waals surface area contributed by atoms with Crippen molar-refractivity contribution < 1.29 is 19.1 Å². The maximum absolute atomic E-state index is 12.3. The average Bonchev–Trinajstić information content (AvgIpc) is 3.16. The number of nitrogens with one attached hydrogen (secondary N) is 1. The molecule has 1 unspecified atom stereocenters. The first kappa shape index (κ1) is 16.8. The van der Waals surface area contributed by atoms with Gasteiger partial charge in [0.05, 0.1) is 19.9 Å². The number of oxime groups is 1. The van der Waals surface area contributed by atoms with Gasteiger partial charge in [-0.3, -0.25) is 4.79 Å². The molecule has 0 radical (unpaired) electrons. The Hall–Kier alpha value is -3.02. The summed E-state index contributed by atoms with van der Waals surface area (Å²) in [5, 5.41) is 6.93. The molecule has 130 valence electrons. The van der Waals surface area contributed by atoms with Crippen molar-refractivity contribution in [2.45, 2.75) is 19.1 Å². The van der Waals surface area contributed by atoms with Gasteiger partial charge in [-0.2, -0.15) is 0 Å². The van der Waals surface area contributed by atoms with Gasteiger partial charge in [0.1, 0.15) is 0 Å². The van der Waals surface area contributed by atoms with Crippen molar-refractivity contribution in [2.24, 2.45) is 5.16 Å². The maximum Gasteiger partial charge on any atom is 0.264 e. The van der Waals surface area contributed by atoms with Crippen LogP contribution in [0.4, 0.5) is 0 Å². The molecule has 0 spiro atoms. The van der Waals surface area contributed by atoms with Gasteiger partial charge >= 0.3 is 0 Å². The summed E-state index contributed by atoms with van der Waals surface area (Å²) in [6.45, 7) is 0.464. The Bertz CT molecular complexity index is 774. The molecule has 2 aromatic rings. The fraction of sp³-hybridized carbons (Fsp3) is 0.263. The van der Waals surface area contributed by atoms with E-state index in [9.17, 15) is 4.79 Å². The van der Waals surface area contributed by atoms with Gasteiger partial charge in [0.15, 0.2) is 11.5 Å². The Balaban J connectivity index is 1.60. The minimum absolute atomic E-state index is 0.178. The van der Waals surface area contributed by atoms with E-state index in [0.29, 0.717) is 30.2 Å². The zero-order valence-electron chi connectivity index (χ0n) is 14.2. The summed E-state index contributed by atoms with van der Waals surface area (Å²) in [4.78, 5) is 17.6. The van der Waals surface area contributed by atoms with Crippen LogP contribution in [-0.4, -0.2) is 31.9 Å². The zero-order chi connectivity index (χ0) is 17.6. The lowest BCUT2D eigenvalue weighted by Crippen LogP contribution is -2.34. The Morgan fingerprint density at radius 3 is 2.64 bits per heavy atom. The Kier molecular flexibility index (Phi) is 5.18. The molecular formula is C19H20N2O4. The van der Waals surface area contributed by atoms with Gasteiger partial charge in [-0.25, -0.2) is 0 Å². The molecule has 0 bridgehead atoms. The number of carbonyl (C=O) groups excluding carboxylic acids is 1. The number of carbonyl (C=O) groups is 1. The van der Waals surface area contributed by atoms with Crippen LogP contribution >= 0.6 is 0 Å². The molecule has 1 heterocycles. The third kappa shape index (κ3) is 3.91. The second kappa shape index (κ2) is 7.70. The molecule has 1 aliphatic rings. The number of methoxy groups -OCH3 is 2. The second-order valence-electron chi connectivity index (χ2n) is 5.61. The maximum atomic E-state index is 12.3. The van der Waals surface area contributed by atoms with Crippen LogP contribution in [-0.2, 0) is 16.2 Å². The van der Waals surface area contributed by atoms with Gasteiger partial charge in [-0.1, -0.05) is 35.5 Å². The summed E-state index contributed by atoms with van der Waals surface area (Å²) in [5.74, 6) is 1.07. The molecule has 25 heavy (non-hydrogen) atoms. The number of hydrogen-bond donors (Lipinski definition) is 1. The summed E-state index contributed by atoms with van der Waals surface area (Å²) >= 11 is 0. The number of amides is 1. The average molecular weight is 340 g/mol. The predicted octanol–water partition coefficient (Wildman–Crippen LogP) is 2.51. The molecule has 6 nitrogen and oxygen atoms in total. The Morgan fingerprint density at radius 1 is 1.16 bits per heavy atom. The van der Waals surface area contributed by atoms with E-state index in [1.807, 2.05) is 42.5 Å². The lowest BCUT2D eigenvalue weighted by molar-refractivity contribution is -0.131. The minimum atomic E-state index is -0.619. The lowest BCUT2D eigenvalue weighted by atomic mass is 10.0. The molecule has 2 aromatic carbocycles. The van der Waals surface area contributed by atoms with E-state index in [4.69, 9.17) is 14.3 Å². The van der Waals surface area contributed by atoms with E-state index in [1.54, 1.807) is 20.3 Å². The summed E-state index contributed by atoms with van der Waals surface area (Å²) < 4.78 is 10.5. The van der Waals surface area contributed by atoms with Crippen LogP contribution in [0, 0.1) is 0 Å². The topological polar surface area (TPSA) is 69.2 Å². The van der Waals surface area contributed by atoms with Gasteiger partial charge in [-0.05, 0) is 23.8 Å². The number of benzene rings is 2. The fourth-order valence-electron chi connectivity index (χ4n) is 2.60. The van der Waals surface area contributed by atoms with Gasteiger partial charge in [-0.15, -0.1) is 0 Å². The molecule has 0 fully saturated rings. The van der Waals surface area contributed by atoms with Crippen LogP contribution in [0.25, 0.3) is 0 Å². The van der Waals surface area contributed by atoms with Crippen LogP contribution in [0.15, 0.2) is 53.7 Å². The summed E-state index contributed by atoms with van der Waals surface area (Å²) in [6.07, 6.45) is -0.206. The van der Waals surface area contributed by atoms with Crippen LogP contribution < -0.4 is 14.8 Å². The normalized spacial score (nSPS) is 15.9. The van der Waals surface area contributed by atoms with Gasteiger partial charge in [0, 0.05) is 18.5 Å². The highest BCUT2D eigenvalue weighted by Gasteiger charge is 2.29. The van der Waals surface area contributed by atoms with Crippen LogP contribution in [0.1, 0.15) is 17.5 Å². The third-order valence-corrected chi connectivity index (χ3v) is 3.99. The molecule has 1 atom stereocenters. The van der Waals surface area contributed by atoms with Crippen molar-refractivity contribution >= 4 is 11.6 Å². The Morgan fingerprint density at radius 2 is 1.92 bits per heavy atom. The van der Waals surface area contributed by atoms with E-state index in [2.05, 4.69) is 10.5 Å². The highest BCUT2D eigenvalue weighted by atomic mass is 16.6. The number of rotatable bonds is 6. The van der Waals surface area contributed by atoms with Crippen LogP contribution in [0.2, 0.25) is 0 Å². The summed E-state index contributed by atoms with van der Waals surface area (Å²) in [5.41, 5.74) is 2.59. The number of ether oxygens (including phenoxy) is 2. The monoisotopic (exact) mass is 340 g/mol. The van der Waals surface area contributed by atoms with Crippen molar-refractivity contribution in [1.29, 1.82) is 0 Å². The summed E-state index contributed by atoms with van der Waals surface area (Å²) in [6, 6.07) is 15.2. The van der Waals surface area contributed by atoms with E-state index in [1.165, 1.54) is 0 Å². The summed E-state index contributed by atoms with van der Waals surface area (Å²) in [7, 11) is 3.16. The fourth-order valence-corrected chi connectivity index (χ4v) is 2.60. The number of hydrogen-bond acceptors (Lipinski definition) is 5. The smallest absolute Gasteiger partial charge is 0.264 e. The second-order valence-corrected chi connectivity index (χ2v) is 5.61. The molecule has 3 rings (SSSR count). The Labute approximate surface area is 146 Å². The highest BCUT2D eigenvalue weighted by molar-refractivity contribution is 6.04. The minimum Gasteiger partial charge on any atom is -0.493 e. The van der Waals surface area contributed by atoms with Crippen molar-refractivity contribution in [2.75, 3.05) is 14.2 Å². The van der Waals surface area contributed by atoms with Gasteiger partial charge in [0.25, 0.3) is 5.91 Å². The van der Waals surface area contributed by atoms with Crippen molar-refractivity contribution in [3.63, 3.8) is 0 Å². The van der Waals surface area contributed by atoms with Crippen LogP contribution in [0.3, 0.4) is 0 Å². The lowest BCUT2D eigenvalue weighted by Gasteiger charge is -2.10. The molecular weight excluding hydrogens is 320 g/mol. The molecule has 0 aromatic heterocycles. The standard InChI is InChI=1S/C19H20N2O4/c1-23-16-9-8-14(10-17(16)24-2)15-11-18(25-21-15)19(22)20-12-13-6-4-3-5-7-13/h3-10,18H,11-12H2,1-2H3,(H,20,22). The molecule has 1 aliphatic heterocycles. The molecule has 1 N–H and O–H groups in total. The molecule has 6 heteroatoms. The first-order valence-corrected chi connectivity index (χ1v) is 7.98. The van der Waals surface area contributed by atoms with Crippen molar-refractivity contribution in [1.82, 2.24) is 5.32 Å². The molecule has 1 amide bonds. The van der Waals surface area contributed by atoms with Crippen LogP contribution in [0.5, 0.6) is 11.5 Å². The van der Waals surface area contributed by atoms with Gasteiger partial charge < -0.3 is 19.6 Å². The SMILES string of the molecule is COc1ccc(C2=NOC(C(=O)NCc3ccccc3)C2)cc1OC. The van der Waals surface area contributed by atoms with E-state index in [0.717, 1.165) is 11.1 Å². The van der Waals surface area contributed by atoms with Crippen molar-refractivity contribution in [3.8, 4) is 11.5 Å². The number of nitrogens with zero attached hydrogens (tertiary/aromatic N) is 1. The first-order chi connectivity index (χ1) is 12.2. The van der Waals surface area contributed by atoms with E-state index >= 15 is 0 Å². The molecule has 0 aliphatic carbocycles. The predicted molar refractivity (Wildman–Crippen MR) is 93.9 cm³/mol.